The highest BCUT2D eigenvalue weighted by atomic mass is 16.5. The number of esters is 1. The van der Waals surface area contributed by atoms with Crippen molar-refractivity contribution in [3.63, 3.8) is 0 Å². The molecule has 0 amide bonds. The summed E-state index contributed by atoms with van der Waals surface area (Å²) in [5.41, 5.74) is 3.57. The van der Waals surface area contributed by atoms with Crippen LogP contribution in [0.15, 0.2) is 28.7 Å². The van der Waals surface area contributed by atoms with Gasteiger partial charge in [-0.25, -0.2) is 0 Å². The Hall–Kier alpha value is -2.67. The molecule has 0 unspecified atom stereocenters. The molecular weight excluding hydrogens is 388 g/mol. The van der Waals surface area contributed by atoms with Gasteiger partial charge in [-0.2, -0.15) is 0 Å². The molecule has 166 valence electrons. The van der Waals surface area contributed by atoms with Crippen LogP contribution in [0.1, 0.15) is 88.0 Å². The Morgan fingerprint density at radius 2 is 1.97 bits per heavy atom. The van der Waals surface area contributed by atoms with Crippen LogP contribution in [-0.2, 0) is 27.8 Å². The van der Waals surface area contributed by atoms with Crippen LogP contribution in [0.2, 0.25) is 0 Å². The summed E-state index contributed by atoms with van der Waals surface area (Å²) in [5.74, 6) is 8.33. The average Bonchev–Trinajstić information content (AvgIpc) is 3.17. The van der Waals surface area contributed by atoms with Crippen molar-refractivity contribution in [2.24, 2.45) is 0 Å². The molecule has 0 bridgehead atoms. The summed E-state index contributed by atoms with van der Waals surface area (Å²) in [6.07, 6.45) is 6.97. The molecule has 4 nitrogen and oxygen atoms in total. The number of ether oxygens (including phenoxy) is 2. The van der Waals surface area contributed by atoms with E-state index in [4.69, 9.17) is 13.9 Å². The van der Waals surface area contributed by atoms with Gasteiger partial charge >= 0.3 is 5.97 Å². The highest BCUT2D eigenvalue weighted by molar-refractivity contribution is 5.71. The summed E-state index contributed by atoms with van der Waals surface area (Å²) in [5, 5.41) is 0. The number of hydrogen-bond acceptors (Lipinski definition) is 4. The van der Waals surface area contributed by atoms with E-state index >= 15 is 0 Å². The zero-order valence-electron chi connectivity index (χ0n) is 19.3. The van der Waals surface area contributed by atoms with Crippen molar-refractivity contribution in [2.45, 2.75) is 78.1 Å². The third-order valence-corrected chi connectivity index (χ3v) is 5.82. The predicted octanol–water partition coefficient (Wildman–Crippen LogP) is 5.97. The van der Waals surface area contributed by atoms with Crippen molar-refractivity contribution in [1.82, 2.24) is 0 Å². The predicted molar refractivity (Wildman–Crippen MR) is 122 cm³/mol. The Morgan fingerprint density at radius 1 is 1.13 bits per heavy atom. The molecule has 1 aromatic heterocycles. The Bertz CT molecular complexity index is 955. The van der Waals surface area contributed by atoms with Crippen LogP contribution < -0.4 is 4.74 Å². The van der Waals surface area contributed by atoms with Gasteiger partial charge in [-0.3, -0.25) is 4.79 Å². The van der Waals surface area contributed by atoms with Gasteiger partial charge in [0.2, 0.25) is 0 Å². The van der Waals surface area contributed by atoms with Crippen molar-refractivity contribution in [2.75, 3.05) is 13.2 Å². The molecule has 31 heavy (non-hydrogen) atoms. The van der Waals surface area contributed by atoms with Crippen LogP contribution >= 0.6 is 0 Å². The molecule has 0 radical (unpaired) electrons. The molecule has 0 atom stereocenters. The molecule has 3 rings (SSSR count). The lowest BCUT2D eigenvalue weighted by Gasteiger charge is -2.33. The molecule has 2 aromatic rings. The molecule has 0 saturated heterocycles. The smallest absolute Gasteiger partial charge is 0.313 e. The van der Waals surface area contributed by atoms with Crippen molar-refractivity contribution < 1.29 is 18.7 Å². The van der Waals surface area contributed by atoms with Gasteiger partial charge in [0, 0.05) is 11.1 Å². The number of unbranched alkanes of at least 4 members (excludes halogenated alkanes) is 3. The normalized spacial score (nSPS) is 14.2. The molecular formula is C27H34O4. The summed E-state index contributed by atoms with van der Waals surface area (Å²) in [6.45, 7) is 9.68. The van der Waals surface area contributed by atoms with Gasteiger partial charge in [0.1, 0.15) is 17.9 Å². The first-order valence-electron chi connectivity index (χ1n) is 11.5. The second kappa shape index (κ2) is 10.6. The van der Waals surface area contributed by atoms with E-state index in [1.807, 2.05) is 6.07 Å². The molecule has 1 aliphatic heterocycles. The summed E-state index contributed by atoms with van der Waals surface area (Å²) in [6, 6.07) is 8.00. The van der Waals surface area contributed by atoms with Gasteiger partial charge in [0.05, 0.1) is 13.2 Å². The van der Waals surface area contributed by atoms with Crippen LogP contribution in [0, 0.1) is 11.8 Å². The average molecular weight is 423 g/mol. The fraction of sp³-hybridized carbons (Fsp3) is 0.519. The number of aryl methyl sites for hydroxylation is 1. The monoisotopic (exact) mass is 422 g/mol. The fourth-order valence-electron chi connectivity index (χ4n) is 3.91. The molecule has 0 aliphatic carbocycles. The summed E-state index contributed by atoms with van der Waals surface area (Å²) in [4.78, 5) is 11.7. The lowest BCUT2D eigenvalue weighted by atomic mass is 9.78. The minimum atomic E-state index is -0.289. The molecule has 1 aromatic carbocycles. The largest absolute Gasteiger partial charge is 0.493 e. The highest BCUT2D eigenvalue weighted by Gasteiger charge is 2.29. The number of benzene rings is 1. The number of furan rings is 1. The van der Waals surface area contributed by atoms with Crippen molar-refractivity contribution in [1.29, 1.82) is 0 Å². The van der Waals surface area contributed by atoms with E-state index in [1.165, 1.54) is 30.4 Å². The number of rotatable bonds is 8. The third-order valence-electron chi connectivity index (χ3n) is 5.82. The SMILES string of the molecule is CCCCCCc1cc2c(cc1C#Cc1ccc(CC(=O)OCC)o1)C(C)(C)CCO2. The number of carbonyl (C=O) groups is 1. The zero-order chi connectivity index (χ0) is 22.3. The number of fused-ring (bicyclic) bond motifs is 1. The second-order valence-corrected chi connectivity index (χ2v) is 8.80. The van der Waals surface area contributed by atoms with Crippen LogP contribution in [0.3, 0.4) is 0 Å². The first-order chi connectivity index (χ1) is 14.9. The summed E-state index contributed by atoms with van der Waals surface area (Å²) < 4.78 is 16.7. The van der Waals surface area contributed by atoms with Gasteiger partial charge in [0.25, 0.3) is 0 Å². The van der Waals surface area contributed by atoms with Crippen LogP contribution in [0.5, 0.6) is 5.75 Å². The second-order valence-electron chi connectivity index (χ2n) is 8.80. The van der Waals surface area contributed by atoms with E-state index in [0.29, 0.717) is 18.1 Å². The maximum atomic E-state index is 11.7. The molecule has 1 aliphatic rings. The van der Waals surface area contributed by atoms with E-state index in [1.54, 1.807) is 13.0 Å². The maximum absolute atomic E-state index is 11.7. The van der Waals surface area contributed by atoms with Crippen molar-refractivity contribution >= 4 is 5.97 Å². The Balaban J connectivity index is 1.85. The van der Waals surface area contributed by atoms with E-state index in [9.17, 15) is 4.79 Å². The lowest BCUT2D eigenvalue weighted by molar-refractivity contribution is -0.142. The van der Waals surface area contributed by atoms with E-state index < -0.39 is 0 Å². The summed E-state index contributed by atoms with van der Waals surface area (Å²) in [7, 11) is 0. The van der Waals surface area contributed by atoms with E-state index in [2.05, 4.69) is 44.7 Å². The summed E-state index contributed by atoms with van der Waals surface area (Å²) >= 11 is 0. The van der Waals surface area contributed by atoms with Crippen LogP contribution in [0.4, 0.5) is 0 Å². The third kappa shape index (κ3) is 6.17. The molecule has 0 fully saturated rings. The molecule has 0 N–H and O–H groups in total. The Morgan fingerprint density at radius 3 is 2.74 bits per heavy atom. The van der Waals surface area contributed by atoms with Gasteiger partial charge in [0.15, 0.2) is 5.76 Å². The molecule has 0 saturated carbocycles. The molecule has 2 heterocycles. The topological polar surface area (TPSA) is 48.7 Å². The highest BCUT2D eigenvalue weighted by Crippen LogP contribution is 2.40. The van der Waals surface area contributed by atoms with Crippen LogP contribution in [-0.4, -0.2) is 19.2 Å². The van der Waals surface area contributed by atoms with Crippen molar-refractivity contribution in [3.05, 3.63) is 52.5 Å². The minimum absolute atomic E-state index is 0.0717. The number of carbonyl (C=O) groups excluding carboxylic acids is 1. The number of hydrogen-bond donors (Lipinski definition) is 0. The van der Waals surface area contributed by atoms with E-state index in [-0.39, 0.29) is 17.8 Å². The standard InChI is InChI=1S/C27H34O4/c1-5-7-8-9-10-20-18-25-24(27(3,4)15-16-30-25)17-21(20)11-12-22-13-14-23(31-22)19-26(28)29-6-2/h13-14,17-18H,5-10,15-16,19H2,1-4H3. The van der Waals surface area contributed by atoms with Gasteiger partial charge in [-0.05, 0) is 67.4 Å². The zero-order valence-corrected chi connectivity index (χ0v) is 19.3. The fourth-order valence-corrected chi connectivity index (χ4v) is 3.91. The first-order valence-corrected chi connectivity index (χ1v) is 11.5. The van der Waals surface area contributed by atoms with Gasteiger partial charge in [-0.15, -0.1) is 0 Å². The molecule has 0 spiro atoms. The maximum Gasteiger partial charge on any atom is 0.313 e. The Labute approximate surface area is 186 Å². The minimum Gasteiger partial charge on any atom is -0.493 e. The van der Waals surface area contributed by atoms with E-state index in [0.717, 1.165) is 37.2 Å². The van der Waals surface area contributed by atoms with Gasteiger partial charge < -0.3 is 13.9 Å². The lowest BCUT2D eigenvalue weighted by Crippen LogP contribution is -2.27. The Kier molecular flexibility index (Phi) is 7.85. The quantitative estimate of drug-likeness (QED) is 0.299. The van der Waals surface area contributed by atoms with Crippen molar-refractivity contribution in [3.8, 4) is 17.6 Å². The molecule has 4 heteroatoms. The first kappa shape index (κ1) is 23.0. The van der Waals surface area contributed by atoms with Crippen LogP contribution in [0.25, 0.3) is 0 Å². The van der Waals surface area contributed by atoms with Gasteiger partial charge in [-0.1, -0.05) is 46.0 Å².